The molecule has 4 heterocycles. The van der Waals surface area contributed by atoms with Crippen LogP contribution in [0, 0.1) is 0 Å². The first-order valence-corrected chi connectivity index (χ1v) is 18.3. The van der Waals surface area contributed by atoms with Gasteiger partial charge in [-0.2, -0.15) is 0 Å². The summed E-state index contributed by atoms with van der Waals surface area (Å²) in [6.07, 6.45) is 14.0. The van der Waals surface area contributed by atoms with Crippen LogP contribution in [0.5, 0.6) is 0 Å². The molecule has 0 bridgehead atoms. The number of thioether (sulfide) groups is 8. The summed E-state index contributed by atoms with van der Waals surface area (Å²) in [6, 6.07) is 0. The van der Waals surface area contributed by atoms with E-state index in [1.54, 1.807) is 25.4 Å². The van der Waals surface area contributed by atoms with E-state index in [0.717, 1.165) is 10.5 Å². The predicted molar refractivity (Wildman–Crippen MR) is 157 cm³/mol. The Morgan fingerprint density at radius 3 is 1.40 bits per heavy atom. The van der Waals surface area contributed by atoms with Crippen molar-refractivity contribution in [2.45, 2.75) is 88.6 Å². The summed E-state index contributed by atoms with van der Waals surface area (Å²) in [7, 11) is 0. The average Bonchev–Trinajstić information content (AvgIpc) is 3.37. The summed E-state index contributed by atoms with van der Waals surface area (Å²) in [5.74, 6) is 2.62. The SMILES string of the molecule is CCCCCCC1CSC2=C(S/C(=C3/SC4=C(S3)SC(CCCCCC)CS4)S2)S1. The molecule has 168 valence electrons. The lowest BCUT2D eigenvalue weighted by Crippen LogP contribution is -2.09. The van der Waals surface area contributed by atoms with Crippen LogP contribution in [-0.4, -0.2) is 22.0 Å². The van der Waals surface area contributed by atoms with Crippen LogP contribution < -0.4 is 0 Å². The molecule has 30 heavy (non-hydrogen) atoms. The molecule has 2 atom stereocenters. The highest BCUT2D eigenvalue weighted by Crippen LogP contribution is 2.68. The smallest absolute Gasteiger partial charge is 0.0717 e. The first-order chi connectivity index (χ1) is 14.8. The average molecular weight is 553 g/mol. The maximum Gasteiger partial charge on any atom is 0.0717 e. The molecular formula is C22H32S8. The molecule has 0 radical (unpaired) electrons. The van der Waals surface area contributed by atoms with Crippen molar-refractivity contribution in [2.75, 3.05) is 11.5 Å². The van der Waals surface area contributed by atoms with Gasteiger partial charge in [-0.25, -0.2) is 0 Å². The summed E-state index contributed by atoms with van der Waals surface area (Å²) >= 11 is 16.9. The van der Waals surface area contributed by atoms with Gasteiger partial charge in [-0.05, 0) is 12.8 Å². The van der Waals surface area contributed by atoms with E-state index in [4.69, 9.17) is 0 Å². The lowest BCUT2D eigenvalue weighted by Gasteiger charge is -2.21. The zero-order valence-electron chi connectivity index (χ0n) is 17.9. The molecule has 0 fully saturated rings. The van der Waals surface area contributed by atoms with Crippen molar-refractivity contribution in [2.24, 2.45) is 0 Å². The summed E-state index contributed by atoms with van der Waals surface area (Å²) < 4.78 is 9.54. The quantitative estimate of drug-likeness (QED) is 0.242. The maximum atomic E-state index is 2.31. The Labute approximate surface area is 217 Å². The fraction of sp³-hybridized carbons (Fsp3) is 0.727. The monoisotopic (exact) mass is 552 g/mol. The van der Waals surface area contributed by atoms with Crippen molar-refractivity contribution in [3.63, 3.8) is 0 Å². The molecule has 0 nitrogen and oxygen atoms in total. The van der Waals surface area contributed by atoms with Gasteiger partial charge in [0.1, 0.15) is 0 Å². The minimum Gasteiger partial charge on any atom is -0.116 e. The second-order valence-electron chi connectivity index (χ2n) is 7.93. The van der Waals surface area contributed by atoms with Gasteiger partial charge in [0.15, 0.2) is 0 Å². The lowest BCUT2D eigenvalue weighted by atomic mass is 10.1. The van der Waals surface area contributed by atoms with Crippen molar-refractivity contribution in [3.05, 3.63) is 25.4 Å². The molecule has 4 aliphatic rings. The van der Waals surface area contributed by atoms with Crippen molar-refractivity contribution < 1.29 is 0 Å². The van der Waals surface area contributed by atoms with Gasteiger partial charge in [-0.1, -0.05) is 112 Å². The van der Waals surface area contributed by atoms with E-state index in [-0.39, 0.29) is 0 Å². The summed E-state index contributed by atoms with van der Waals surface area (Å²) in [6.45, 7) is 4.61. The molecule has 8 heteroatoms. The highest BCUT2D eigenvalue weighted by Gasteiger charge is 2.36. The molecular weight excluding hydrogens is 521 g/mol. The van der Waals surface area contributed by atoms with Crippen LogP contribution in [-0.2, 0) is 0 Å². The molecule has 0 aromatic carbocycles. The molecule has 0 spiro atoms. The van der Waals surface area contributed by atoms with Crippen LogP contribution in [0.1, 0.15) is 78.1 Å². The molecule has 0 aromatic heterocycles. The number of hydrogen-bond donors (Lipinski definition) is 0. The van der Waals surface area contributed by atoms with Crippen molar-refractivity contribution in [1.29, 1.82) is 0 Å². The van der Waals surface area contributed by atoms with Gasteiger partial charge in [0, 0.05) is 22.0 Å². The third-order valence-electron chi connectivity index (χ3n) is 5.35. The van der Waals surface area contributed by atoms with Gasteiger partial charge in [0.25, 0.3) is 0 Å². The standard InChI is InChI=1S/C22H32S8/c1-3-5-7-9-11-15-13-23-17-19(25-15)29-21(27-17)22-28-18-20(30-22)26-16(14-24-18)12-10-8-6-4-2/h15-16H,3-14H2,1-2H3/b22-21-. The Balaban J connectivity index is 1.25. The molecule has 0 amide bonds. The van der Waals surface area contributed by atoms with Gasteiger partial charge < -0.3 is 0 Å². The third-order valence-corrected chi connectivity index (χ3v) is 18.1. The Morgan fingerprint density at radius 2 is 0.967 bits per heavy atom. The number of rotatable bonds is 10. The van der Waals surface area contributed by atoms with E-state index in [1.807, 2.05) is 0 Å². The van der Waals surface area contributed by atoms with E-state index >= 15 is 0 Å². The second-order valence-corrected chi connectivity index (χ2v) is 18.2. The van der Waals surface area contributed by atoms with Gasteiger partial charge in [-0.15, -0.1) is 47.0 Å². The van der Waals surface area contributed by atoms with E-state index in [1.165, 1.54) is 75.7 Å². The topological polar surface area (TPSA) is 0 Å². The highest BCUT2D eigenvalue weighted by molar-refractivity contribution is 8.45. The van der Waals surface area contributed by atoms with Crippen LogP contribution in [0.4, 0.5) is 0 Å². The first kappa shape index (κ1) is 25.1. The second kappa shape index (κ2) is 13.2. The summed E-state index contributed by atoms with van der Waals surface area (Å²) in [4.78, 5) is 0. The van der Waals surface area contributed by atoms with Crippen LogP contribution in [0.25, 0.3) is 0 Å². The zero-order chi connectivity index (χ0) is 20.8. The minimum atomic E-state index is 0.831. The highest BCUT2D eigenvalue weighted by atomic mass is 32.3. The molecule has 0 saturated heterocycles. The van der Waals surface area contributed by atoms with Crippen LogP contribution in [0.3, 0.4) is 0 Å². The van der Waals surface area contributed by atoms with Gasteiger partial charge in [-0.3, -0.25) is 0 Å². The molecule has 0 N–H and O–H groups in total. The fourth-order valence-electron chi connectivity index (χ4n) is 3.62. The van der Waals surface area contributed by atoms with E-state index < -0.39 is 0 Å². The maximum absolute atomic E-state index is 2.31. The Hall–Kier alpha value is 2.02. The largest absolute Gasteiger partial charge is 0.116 e. The van der Waals surface area contributed by atoms with Gasteiger partial charge >= 0.3 is 0 Å². The Bertz CT molecular complexity index is 637. The summed E-state index contributed by atoms with van der Waals surface area (Å²) in [5.41, 5.74) is 0. The minimum absolute atomic E-state index is 0.831. The Morgan fingerprint density at radius 1 is 0.533 bits per heavy atom. The zero-order valence-corrected chi connectivity index (χ0v) is 24.4. The van der Waals surface area contributed by atoms with Crippen LogP contribution in [0.2, 0.25) is 0 Å². The van der Waals surface area contributed by atoms with Crippen molar-refractivity contribution in [1.82, 2.24) is 0 Å². The van der Waals surface area contributed by atoms with Crippen molar-refractivity contribution >= 4 is 94.1 Å². The molecule has 4 rings (SSSR count). The number of unbranched alkanes of at least 4 members (excludes halogenated alkanes) is 6. The molecule has 0 aliphatic carbocycles. The predicted octanol–water partition coefficient (Wildman–Crippen LogP) is 11.0. The Kier molecular flexibility index (Phi) is 11.1. The van der Waals surface area contributed by atoms with Crippen LogP contribution in [0.15, 0.2) is 25.4 Å². The third kappa shape index (κ3) is 7.02. The lowest BCUT2D eigenvalue weighted by molar-refractivity contribution is 0.633. The molecule has 0 saturated carbocycles. The van der Waals surface area contributed by atoms with Crippen molar-refractivity contribution in [3.8, 4) is 0 Å². The molecule has 0 aromatic rings. The van der Waals surface area contributed by atoms with Gasteiger partial charge in [0.2, 0.25) is 0 Å². The van der Waals surface area contributed by atoms with E-state index in [0.29, 0.717) is 0 Å². The summed E-state index contributed by atoms with van der Waals surface area (Å²) in [5, 5.41) is 1.66. The molecule has 4 aliphatic heterocycles. The van der Waals surface area contributed by atoms with E-state index in [9.17, 15) is 0 Å². The van der Waals surface area contributed by atoms with Crippen LogP contribution >= 0.6 is 94.1 Å². The van der Waals surface area contributed by atoms with E-state index in [2.05, 4.69) is 108 Å². The van der Waals surface area contributed by atoms with Gasteiger partial charge in [0.05, 0.1) is 25.4 Å². The fourth-order valence-corrected chi connectivity index (χ4v) is 16.9. The first-order valence-electron chi connectivity index (χ1n) is 11.3. The number of hydrogen-bond acceptors (Lipinski definition) is 8. The molecule has 2 unspecified atom stereocenters. The normalized spacial score (nSPS) is 29.0.